The zero-order chi connectivity index (χ0) is 22.3. The van der Waals surface area contributed by atoms with Crippen LogP contribution < -0.4 is 10.9 Å². The van der Waals surface area contributed by atoms with Crippen molar-refractivity contribution in [3.63, 3.8) is 0 Å². The summed E-state index contributed by atoms with van der Waals surface area (Å²) in [4.78, 5) is 30.8. The van der Waals surface area contributed by atoms with Gasteiger partial charge in [0, 0.05) is 31.0 Å². The van der Waals surface area contributed by atoms with Crippen molar-refractivity contribution in [2.24, 2.45) is 0 Å². The minimum absolute atomic E-state index is 0.141. The van der Waals surface area contributed by atoms with E-state index in [0.29, 0.717) is 18.7 Å². The first-order chi connectivity index (χ1) is 14.1. The summed E-state index contributed by atoms with van der Waals surface area (Å²) in [5.41, 5.74) is -1.36. The van der Waals surface area contributed by atoms with E-state index in [1.54, 1.807) is 13.8 Å². The molecule has 0 aliphatic rings. The van der Waals surface area contributed by atoms with Crippen LogP contribution in [0, 0.1) is 11.6 Å². The van der Waals surface area contributed by atoms with Gasteiger partial charge in [0.15, 0.2) is 0 Å². The first-order valence-corrected chi connectivity index (χ1v) is 9.76. The van der Waals surface area contributed by atoms with E-state index in [1.807, 2.05) is 0 Å². The average molecular weight is 444 g/mol. The Bertz CT molecular complexity index is 950. The lowest BCUT2D eigenvalue weighted by atomic mass is 10.0. The van der Waals surface area contributed by atoms with E-state index in [2.05, 4.69) is 15.3 Å². The van der Waals surface area contributed by atoms with Gasteiger partial charge in [-0.3, -0.25) is 9.59 Å². The number of nitrogens with zero attached hydrogens (tertiary/aromatic N) is 1. The van der Waals surface area contributed by atoms with Crippen LogP contribution in [-0.4, -0.2) is 34.1 Å². The summed E-state index contributed by atoms with van der Waals surface area (Å²) in [5, 5.41) is 11.1. The molecule has 1 heterocycles. The molecule has 0 radical (unpaired) electrons. The van der Waals surface area contributed by atoms with Gasteiger partial charge < -0.3 is 20.1 Å². The van der Waals surface area contributed by atoms with Gasteiger partial charge in [0.2, 0.25) is 5.91 Å². The predicted molar refractivity (Wildman–Crippen MR) is 107 cm³/mol. The number of nitrogens with one attached hydrogen (secondary N) is 2. The summed E-state index contributed by atoms with van der Waals surface area (Å²) >= 11 is 6.13. The van der Waals surface area contributed by atoms with Crippen LogP contribution in [0.25, 0.3) is 0 Å². The summed E-state index contributed by atoms with van der Waals surface area (Å²) < 4.78 is 32.7. The lowest BCUT2D eigenvalue weighted by molar-refractivity contribution is -0.121. The summed E-state index contributed by atoms with van der Waals surface area (Å²) in [6.07, 6.45) is 0.934. The second-order valence-electron chi connectivity index (χ2n) is 7.14. The molecule has 0 aliphatic heterocycles. The van der Waals surface area contributed by atoms with Gasteiger partial charge in [-0.15, -0.1) is 0 Å². The second kappa shape index (κ2) is 10.6. The lowest BCUT2D eigenvalue weighted by Crippen LogP contribution is -2.29. The minimum Gasteiger partial charge on any atom is -0.395 e. The molecule has 0 unspecified atom stereocenters. The third-order valence-corrected chi connectivity index (χ3v) is 4.69. The molecule has 2 aromatic rings. The first kappa shape index (κ1) is 23.9. The standard InChI is InChI=1S/C20H24ClF2N3O4/c1-20(2,30-11-12-6-7-13(22)10-14(12)23)18-17(21)19(29)26-15(25-18)4-3-5-16(28)24-8-9-27/h6-7,10,27H,3-5,8-9,11H2,1-2H3,(H,24,28)(H,25,26,29). The van der Waals surface area contributed by atoms with Gasteiger partial charge in [-0.1, -0.05) is 17.7 Å². The number of hydrogen-bond acceptors (Lipinski definition) is 5. The van der Waals surface area contributed by atoms with Gasteiger partial charge in [0.1, 0.15) is 28.1 Å². The molecule has 1 aromatic heterocycles. The first-order valence-electron chi connectivity index (χ1n) is 9.38. The van der Waals surface area contributed by atoms with Gasteiger partial charge in [-0.05, 0) is 26.3 Å². The van der Waals surface area contributed by atoms with E-state index in [1.165, 1.54) is 6.07 Å². The van der Waals surface area contributed by atoms with Crippen LogP contribution >= 0.6 is 11.6 Å². The predicted octanol–water partition coefficient (Wildman–Crippen LogP) is 2.58. The number of carbonyl (C=O) groups excluding carboxylic acids is 1. The van der Waals surface area contributed by atoms with E-state index in [0.717, 1.165) is 12.1 Å². The van der Waals surface area contributed by atoms with Crippen LogP contribution in [0.1, 0.15) is 43.8 Å². The molecule has 0 atom stereocenters. The quantitative estimate of drug-likeness (QED) is 0.523. The van der Waals surface area contributed by atoms with Crippen LogP contribution in [0.4, 0.5) is 8.78 Å². The monoisotopic (exact) mass is 443 g/mol. The highest BCUT2D eigenvalue weighted by Crippen LogP contribution is 2.29. The number of rotatable bonds is 10. The fourth-order valence-corrected chi connectivity index (χ4v) is 3.01. The molecule has 7 nitrogen and oxygen atoms in total. The number of hydrogen-bond donors (Lipinski definition) is 3. The van der Waals surface area contributed by atoms with E-state index in [4.69, 9.17) is 21.4 Å². The summed E-state index contributed by atoms with van der Waals surface area (Å²) in [5.74, 6) is -1.31. The molecule has 1 amide bonds. The van der Waals surface area contributed by atoms with Crippen molar-refractivity contribution in [3.05, 3.63) is 62.3 Å². The molecule has 2 rings (SSSR count). The van der Waals surface area contributed by atoms with Crippen LogP contribution in [0.5, 0.6) is 0 Å². The van der Waals surface area contributed by atoms with Crippen molar-refractivity contribution in [1.29, 1.82) is 0 Å². The van der Waals surface area contributed by atoms with Crippen molar-refractivity contribution in [2.45, 2.75) is 45.3 Å². The van der Waals surface area contributed by atoms with E-state index in [9.17, 15) is 18.4 Å². The Labute approximate surface area is 177 Å². The Hall–Kier alpha value is -2.36. The van der Waals surface area contributed by atoms with Gasteiger partial charge in [-0.25, -0.2) is 13.8 Å². The van der Waals surface area contributed by atoms with Crippen LogP contribution in [0.3, 0.4) is 0 Å². The Kier molecular flexibility index (Phi) is 8.45. The highest BCUT2D eigenvalue weighted by Gasteiger charge is 2.29. The zero-order valence-electron chi connectivity index (χ0n) is 16.7. The zero-order valence-corrected chi connectivity index (χ0v) is 17.5. The minimum atomic E-state index is -1.14. The van der Waals surface area contributed by atoms with Crippen molar-refractivity contribution in [1.82, 2.24) is 15.3 Å². The Morgan fingerprint density at radius 2 is 2.10 bits per heavy atom. The molecule has 0 spiro atoms. The van der Waals surface area contributed by atoms with E-state index < -0.39 is 22.8 Å². The summed E-state index contributed by atoms with van der Waals surface area (Å²) in [6.45, 7) is 3.13. The number of aliphatic hydroxyl groups excluding tert-OH is 1. The second-order valence-corrected chi connectivity index (χ2v) is 7.52. The highest BCUT2D eigenvalue weighted by atomic mass is 35.5. The molecule has 30 heavy (non-hydrogen) atoms. The van der Waals surface area contributed by atoms with Crippen molar-refractivity contribution in [3.8, 4) is 0 Å². The van der Waals surface area contributed by atoms with Crippen LogP contribution in [0.15, 0.2) is 23.0 Å². The molecule has 0 fully saturated rings. The van der Waals surface area contributed by atoms with Crippen LogP contribution in [0.2, 0.25) is 5.02 Å². The van der Waals surface area contributed by atoms with Gasteiger partial charge in [-0.2, -0.15) is 0 Å². The SMILES string of the molecule is CC(C)(OCc1ccc(F)cc1F)c1nc(CCCC(=O)NCCO)[nH]c(=O)c1Cl. The molecule has 1 aromatic carbocycles. The maximum Gasteiger partial charge on any atom is 0.270 e. The average Bonchev–Trinajstić information content (AvgIpc) is 2.68. The smallest absolute Gasteiger partial charge is 0.270 e. The Balaban J connectivity index is 2.10. The number of carbonyl (C=O) groups is 1. The topological polar surface area (TPSA) is 104 Å². The number of amides is 1. The normalized spacial score (nSPS) is 11.5. The Morgan fingerprint density at radius 1 is 1.37 bits per heavy atom. The molecular weight excluding hydrogens is 420 g/mol. The van der Waals surface area contributed by atoms with E-state index in [-0.39, 0.29) is 48.4 Å². The largest absolute Gasteiger partial charge is 0.395 e. The molecule has 0 bridgehead atoms. The van der Waals surface area contributed by atoms with Crippen molar-refractivity contribution < 1.29 is 23.4 Å². The number of aryl methyl sites for hydroxylation is 1. The van der Waals surface area contributed by atoms with E-state index >= 15 is 0 Å². The molecule has 0 aliphatic carbocycles. The maximum absolute atomic E-state index is 13.9. The summed E-state index contributed by atoms with van der Waals surface area (Å²) in [7, 11) is 0. The number of aromatic nitrogens is 2. The third kappa shape index (κ3) is 6.58. The fourth-order valence-electron chi connectivity index (χ4n) is 2.69. The molecule has 0 saturated carbocycles. The third-order valence-electron chi connectivity index (χ3n) is 4.34. The van der Waals surface area contributed by atoms with Gasteiger partial charge in [0.25, 0.3) is 5.56 Å². The summed E-state index contributed by atoms with van der Waals surface area (Å²) in [6, 6.07) is 3.17. The molecule has 10 heteroatoms. The number of aromatic amines is 1. The maximum atomic E-state index is 13.9. The molecule has 3 N–H and O–H groups in total. The lowest BCUT2D eigenvalue weighted by Gasteiger charge is -2.26. The van der Waals surface area contributed by atoms with Crippen molar-refractivity contribution >= 4 is 17.5 Å². The number of aliphatic hydroxyl groups is 1. The molecule has 164 valence electrons. The fraction of sp³-hybridized carbons (Fsp3) is 0.450. The highest BCUT2D eigenvalue weighted by molar-refractivity contribution is 6.31. The molecular formula is C20H24ClF2N3O4. The number of halogens is 3. The number of benzene rings is 1. The van der Waals surface area contributed by atoms with Gasteiger partial charge >= 0.3 is 0 Å². The van der Waals surface area contributed by atoms with Crippen molar-refractivity contribution in [2.75, 3.05) is 13.2 Å². The van der Waals surface area contributed by atoms with Crippen LogP contribution in [-0.2, 0) is 28.2 Å². The number of H-pyrrole nitrogens is 1. The molecule has 0 saturated heterocycles. The Morgan fingerprint density at radius 3 is 2.77 bits per heavy atom. The van der Waals surface area contributed by atoms with Gasteiger partial charge in [0.05, 0.1) is 18.9 Å². The number of ether oxygens (including phenoxy) is 1.